The number of aromatic nitrogens is 2. The van der Waals surface area contributed by atoms with Crippen LogP contribution in [0.25, 0.3) is 43.6 Å². The van der Waals surface area contributed by atoms with Gasteiger partial charge in [0.05, 0.1) is 28.2 Å². The Labute approximate surface area is 196 Å². The fourth-order valence-corrected chi connectivity index (χ4v) is 6.44. The number of para-hydroxylation sites is 2. The smallest absolute Gasteiger partial charge is 0.252 e. The summed E-state index contributed by atoms with van der Waals surface area (Å²) >= 11 is 0. The van der Waals surface area contributed by atoms with Crippen molar-refractivity contribution in [1.29, 1.82) is 0 Å². The largest absolute Gasteiger partial charge is 0.375 e. The number of carbonyl (C=O) groups excluding carboxylic acids is 1. The molecule has 2 N–H and O–H groups in total. The van der Waals surface area contributed by atoms with Crippen LogP contribution in [0.2, 0.25) is 0 Å². The first-order valence-electron chi connectivity index (χ1n) is 11.7. The molecule has 0 fully saturated rings. The summed E-state index contributed by atoms with van der Waals surface area (Å²) in [5, 5.41) is 11.0. The Morgan fingerprint density at radius 3 is 2.35 bits per heavy atom. The van der Waals surface area contributed by atoms with Gasteiger partial charge in [-0.15, -0.1) is 0 Å². The summed E-state index contributed by atoms with van der Waals surface area (Å²) in [7, 11) is 5.46. The van der Waals surface area contributed by atoms with Gasteiger partial charge in [-0.25, -0.2) is 0 Å². The molecule has 0 saturated heterocycles. The van der Waals surface area contributed by atoms with Crippen LogP contribution in [0, 0.1) is 0 Å². The standard InChI is InChI=1S/C27H26N4O3/c1-28-17-13-30-18-10-6-4-8-14(18)21-22-16(12-29-26(22)32)20-15-9-5-7-11-19(15)31(24(20)23(21)30)27(34-3)25(17)33-2/h4-11,17,25,27-28H,12-13H2,1-3H3,(H,29,32)/t17-,25-,27+/m1/s1. The van der Waals surface area contributed by atoms with E-state index >= 15 is 0 Å². The van der Waals surface area contributed by atoms with E-state index < -0.39 is 0 Å². The number of rotatable bonds is 3. The van der Waals surface area contributed by atoms with Gasteiger partial charge >= 0.3 is 0 Å². The Balaban J connectivity index is 1.83. The molecule has 1 amide bonds. The van der Waals surface area contributed by atoms with Crippen LogP contribution in [0.1, 0.15) is 22.1 Å². The maximum Gasteiger partial charge on any atom is 0.252 e. The van der Waals surface area contributed by atoms with Crippen LogP contribution < -0.4 is 10.6 Å². The molecule has 0 spiro atoms. The van der Waals surface area contributed by atoms with Gasteiger partial charge in [0.2, 0.25) is 0 Å². The van der Waals surface area contributed by atoms with Gasteiger partial charge in [0, 0.05) is 54.4 Å². The molecule has 172 valence electrons. The fourth-order valence-electron chi connectivity index (χ4n) is 6.44. The van der Waals surface area contributed by atoms with Crippen molar-refractivity contribution in [2.24, 2.45) is 0 Å². The number of hydrogen-bond donors (Lipinski definition) is 2. The Morgan fingerprint density at radius 1 is 0.941 bits per heavy atom. The van der Waals surface area contributed by atoms with E-state index in [4.69, 9.17) is 9.47 Å². The number of ether oxygens (including phenoxy) is 2. The van der Waals surface area contributed by atoms with Gasteiger partial charge in [0.15, 0.2) is 6.23 Å². The molecular weight excluding hydrogens is 428 g/mol. The summed E-state index contributed by atoms with van der Waals surface area (Å²) < 4.78 is 17.0. The van der Waals surface area contributed by atoms with E-state index in [0.29, 0.717) is 13.1 Å². The van der Waals surface area contributed by atoms with Crippen molar-refractivity contribution < 1.29 is 14.3 Å². The van der Waals surface area contributed by atoms with Gasteiger partial charge < -0.3 is 29.2 Å². The van der Waals surface area contributed by atoms with Crippen molar-refractivity contribution in [2.45, 2.75) is 31.5 Å². The van der Waals surface area contributed by atoms with Crippen molar-refractivity contribution >= 4 is 49.5 Å². The highest BCUT2D eigenvalue weighted by Crippen LogP contribution is 2.47. The first kappa shape index (κ1) is 20.0. The van der Waals surface area contributed by atoms with Crippen molar-refractivity contribution in [1.82, 2.24) is 19.8 Å². The lowest BCUT2D eigenvalue weighted by Crippen LogP contribution is -2.48. The zero-order chi connectivity index (χ0) is 23.1. The third kappa shape index (κ3) is 2.29. The Kier molecular flexibility index (Phi) is 4.16. The van der Waals surface area contributed by atoms with Gasteiger partial charge in [-0.3, -0.25) is 4.79 Å². The van der Waals surface area contributed by atoms with Crippen molar-refractivity contribution in [2.75, 3.05) is 21.3 Å². The van der Waals surface area contributed by atoms with Crippen LogP contribution in [0.4, 0.5) is 0 Å². The summed E-state index contributed by atoms with van der Waals surface area (Å²) in [6.45, 7) is 1.22. The molecule has 2 aromatic heterocycles. The van der Waals surface area contributed by atoms with Gasteiger partial charge in [0.1, 0.15) is 6.10 Å². The van der Waals surface area contributed by atoms with Crippen LogP contribution in [0.5, 0.6) is 0 Å². The lowest BCUT2D eigenvalue weighted by Gasteiger charge is -2.35. The van der Waals surface area contributed by atoms with Gasteiger partial charge in [0.25, 0.3) is 5.91 Å². The summed E-state index contributed by atoms with van der Waals surface area (Å²) in [5.74, 6) is 0.00178. The second-order valence-electron chi connectivity index (χ2n) is 9.22. The first-order chi connectivity index (χ1) is 16.7. The second kappa shape index (κ2) is 7.06. The minimum Gasteiger partial charge on any atom is -0.375 e. The topological polar surface area (TPSA) is 69.5 Å². The molecule has 4 heterocycles. The average Bonchev–Trinajstić information content (AvgIpc) is 3.50. The van der Waals surface area contributed by atoms with E-state index in [2.05, 4.69) is 68.3 Å². The number of nitrogens with one attached hydrogen (secondary N) is 2. The molecule has 34 heavy (non-hydrogen) atoms. The number of nitrogens with zero attached hydrogens (tertiary/aromatic N) is 2. The third-order valence-electron chi connectivity index (χ3n) is 7.81. The predicted molar refractivity (Wildman–Crippen MR) is 133 cm³/mol. The average molecular weight is 455 g/mol. The highest BCUT2D eigenvalue weighted by molar-refractivity contribution is 6.30. The maximum absolute atomic E-state index is 13.2. The molecular formula is C27H26N4O3. The molecule has 0 unspecified atom stereocenters. The zero-order valence-electron chi connectivity index (χ0n) is 19.4. The van der Waals surface area contributed by atoms with Crippen LogP contribution in [-0.4, -0.2) is 48.5 Å². The molecule has 7 nitrogen and oxygen atoms in total. The summed E-state index contributed by atoms with van der Waals surface area (Å²) in [5.41, 5.74) is 6.26. The number of fused-ring (bicyclic) bond motifs is 9. The summed E-state index contributed by atoms with van der Waals surface area (Å²) in [6, 6.07) is 16.8. The van der Waals surface area contributed by atoms with E-state index in [9.17, 15) is 4.79 Å². The number of carbonyl (C=O) groups is 1. The van der Waals surface area contributed by atoms with Crippen LogP contribution in [-0.2, 0) is 22.6 Å². The van der Waals surface area contributed by atoms with Gasteiger partial charge in [-0.05, 0) is 24.7 Å². The molecule has 7 heteroatoms. The monoisotopic (exact) mass is 454 g/mol. The molecule has 0 aliphatic carbocycles. The summed E-state index contributed by atoms with van der Waals surface area (Å²) in [4.78, 5) is 13.2. The Hall–Kier alpha value is -3.39. The number of methoxy groups -OCH3 is 2. The van der Waals surface area contributed by atoms with Crippen LogP contribution in [0.15, 0.2) is 48.5 Å². The van der Waals surface area contributed by atoms with Crippen molar-refractivity contribution in [3.8, 4) is 0 Å². The van der Waals surface area contributed by atoms with Crippen LogP contribution in [0.3, 0.4) is 0 Å². The van der Waals surface area contributed by atoms with Crippen LogP contribution >= 0.6 is 0 Å². The normalized spacial score (nSPS) is 22.1. The van der Waals surface area contributed by atoms with E-state index in [1.54, 1.807) is 14.2 Å². The first-order valence-corrected chi connectivity index (χ1v) is 11.7. The molecule has 3 aromatic carbocycles. The van der Waals surface area contributed by atoms with E-state index in [-0.39, 0.29) is 24.3 Å². The maximum atomic E-state index is 13.2. The van der Waals surface area contributed by atoms with Gasteiger partial charge in [-0.1, -0.05) is 36.4 Å². The fraction of sp³-hybridized carbons (Fsp3) is 0.296. The molecule has 5 aromatic rings. The molecule has 0 bridgehead atoms. The number of amides is 1. The van der Waals surface area contributed by atoms with E-state index in [1.807, 2.05) is 7.05 Å². The van der Waals surface area contributed by atoms with Gasteiger partial charge in [-0.2, -0.15) is 0 Å². The number of benzene rings is 3. The van der Waals surface area contributed by atoms with E-state index in [0.717, 1.165) is 54.7 Å². The highest BCUT2D eigenvalue weighted by atomic mass is 16.5. The van der Waals surface area contributed by atoms with E-state index in [1.165, 1.54) is 0 Å². The quantitative estimate of drug-likeness (QED) is 0.434. The zero-order valence-corrected chi connectivity index (χ0v) is 19.4. The number of likely N-dealkylation sites (N-methyl/N-ethyl adjacent to an activating group) is 1. The Bertz CT molecular complexity index is 1650. The molecule has 0 radical (unpaired) electrons. The SMILES string of the molecule is CN[C@@H]1Cn2c3ccccc3c3c4c(c5c6ccccc6n(c5c32)[C@@H](OC)[C@@H]1OC)CNC4=O. The molecule has 2 aliphatic rings. The minimum atomic E-state index is -0.345. The lowest BCUT2D eigenvalue weighted by molar-refractivity contribution is -0.0894. The second-order valence-corrected chi connectivity index (χ2v) is 9.22. The lowest BCUT2D eigenvalue weighted by atomic mass is 9.96. The molecule has 7 rings (SSSR count). The molecule has 3 atom stereocenters. The number of hydrogen-bond acceptors (Lipinski definition) is 4. The predicted octanol–water partition coefficient (Wildman–Crippen LogP) is 3.91. The highest BCUT2D eigenvalue weighted by Gasteiger charge is 2.39. The van der Waals surface area contributed by atoms with Crippen molar-refractivity contribution in [3.63, 3.8) is 0 Å². The summed E-state index contributed by atoms with van der Waals surface area (Å²) in [6.07, 6.45) is -0.575. The molecule has 0 saturated carbocycles. The minimum absolute atomic E-state index is 0.00178. The Morgan fingerprint density at radius 2 is 1.65 bits per heavy atom. The van der Waals surface area contributed by atoms with Crippen molar-refractivity contribution in [3.05, 3.63) is 59.7 Å². The third-order valence-corrected chi connectivity index (χ3v) is 7.81. The molecule has 2 aliphatic heterocycles.